The highest BCUT2D eigenvalue weighted by Crippen LogP contribution is 2.33. The first-order valence-corrected chi connectivity index (χ1v) is 7.60. The summed E-state index contributed by atoms with van der Waals surface area (Å²) in [7, 11) is 1.45. The molecule has 3 aromatic carbocycles. The van der Waals surface area contributed by atoms with Crippen LogP contribution in [0.25, 0.3) is 21.5 Å². The fraction of sp³-hybridized carbons (Fsp3) is 0.250. The molecule has 0 N–H and O–H groups in total. The normalized spacial score (nSPS) is 12.5. The standard InChI is InChI=1S/C20H20O2/c1-13(20(21)22-3)12-19-14(2)15-8-4-5-9-16(15)17-10-6-7-11-18(17)19/h4-11,13H,12H2,1-3H3. The van der Waals surface area contributed by atoms with Crippen LogP contribution in [0.2, 0.25) is 0 Å². The second-order valence-corrected chi connectivity index (χ2v) is 5.82. The smallest absolute Gasteiger partial charge is 0.308 e. The molecule has 0 aromatic heterocycles. The van der Waals surface area contributed by atoms with E-state index in [1.54, 1.807) is 0 Å². The number of esters is 1. The lowest BCUT2D eigenvalue weighted by atomic mass is 9.88. The number of benzene rings is 3. The van der Waals surface area contributed by atoms with Crippen LogP contribution < -0.4 is 0 Å². The molecule has 0 fully saturated rings. The van der Waals surface area contributed by atoms with E-state index < -0.39 is 0 Å². The lowest BCUT2D eigenvalue weighted by Crippen LogP contribution is -2.16. The summed E-state index contributed by atoms with van der Waals surface area (Å²) in [5, 5.41) is 5.00. The van der Waals surface area contributed by atoms with Gasteiger partial charge in [0, 0.05) is 0 Å². The van der Waals surface area contributed by atoms with Crippen molar-refractivity contribution in [1.82, 2.24) is 0 Å². The third kappa shape index (κ3) is 2.35. The van der Waals surface area contributed by atoms with E-state index in [2.05, 4.69) is 55.5 Å². The molecule has 3 rings (SSSR count). The van der Waals surface area contributed by atoms with Gasteiger partial charge in [-0.05, 0) is 46.0 Å². The van der Waals surface area contributed by atoms with Crippen molar-refractivity contribution in [2.45, 2.75) is 20.3 Å². The predicted octanol–water partition coefficient (Wildman–Crippen LogP) is 4.65. The average Bonchev–Trinajstić information content (AvgIpc) is 2.57. The van der Waals surface area contributed by atoms with Crippen LogP contribution in [-0.2, 0) is 16.0 Å². The van der Waals surface area contributed by atoms with Crippen molar-refractivity contribution in [1.29, 1.82) is 0 Å². The van der Waals surface area contributed by atoms with Crippen molar-refractivity contribution in [2.75, 3.05) is 7.11 Å². The van der Waals surface area contributed by atoms with Gasteiger partial charge in [0.1, 0.15) is 0 Å². The second kappa shape index (κ2) is 5.80. The molecule has 0 aliphatic carbocycles. The molecule has 0 aliphatic heterocycles. The molecule has 22 heavy (non-hydrogen) atoms. The molecule has 112 valence electrons. The minimum absolute atomic E-state index is 0.145. The number of ether oxygens (including phenoxy) is 1. The Balaban J connectivity index is 2.27. The summed E-state index contributed by atoms with van der Waals surface area (Å²) < 4.78 is 4.88. The van der Waals surface area contributed by atoms with Gasteiger partial charge in [-0.15, -0.1) is 0 Å². The number of carbonyl (C=O) groups excluding carboxylic acids is 1. The third-order valence-corrected chi connectivity index (χ3v) is 4.44. The quantitative estimate of drug-likeness (QED) is 0.518. The summed E-state index contributed by atoms with van der Waals surface area (Å²) >= 11 is 0. The Morgan fingerprint density at radius 1 is 0.955 bits per heavy atom. The number of aryl methyl sites for hydroxylation is 1. The molecule has 2 nitrogen and oxygen atoms in total. The highest BCUT2D eigenvalue weighted by Gasteiger charge is 2.18. The van der Waals surface area contributed by atoms with Crippen LogP contribution in [0.1, 0.15) is 18.1 Å². The van der Waals surface area contributed by atoms with Crippen LogP contribution >= 0.6 is 0 Å². The van der Waals surface area contributed by atoms with Gasteiger partial charge in [-0.2, -0.15) is 0 Å². The van der Waals surface area contributed by atoms with Gasteiger partial charge in [-0.3, -0.25) is 4.79 Å². The van der Waals surface area contributed by atoms with Crippen LogP contribution in [0, 0.1) is 12.8 Å². The topological polar surface area (TPSA) is 26.3 Å². The number of rotatable bonds is 3. The van der Waals surface area contributed by atoms with Crippen molar-refractivity contribution in [2.24, 2.45) is 5.92 Å². The first-order valence-electron chi connectivity index (χ1n) is 7.60. The Bertz CT molecular complexity index is 849. The maximum Gasteiger partial charge on any atom is 0.308 e. The summed E-state index contributed by atoms with van der Waals surface area (Å²) in [4.78, 5) is 11.8. The molecule has 2 heteroatoms. The summed E-state index contributed by atoms with van der Waals surface area (Å²) in [5.74, 6) is -0.301. The van der Waals surface area contributed by atoms with Gasteiger partial charge in [0.2, 0.25) is 0 Å². The van der Waals surface area contributed by atoms with Gasteiger partial charge in [0.05, 0.1) is 13.0 Å². The summed E-state index contributed by atoms with van der Waals surface area (Å²) in [5.41, 5.74) is 2.50. The molecule has 0 heterocycles. The maximum atomic E-state index is 11.8. The molecular weight excluding hydrogens is 272 g/mol. The van der Waals surface area contributed by atoms with E-state index in [9.17, 15) is 4.79 Å². The van der Waals surface area contributed by atoms with Gasteiger partial charge in [-0.25, -0.2) is 0 Å². The van der Waals surface area contributed by atoms with Crippen molar-refractivity contribution >= 4 is 27.5 Å². The van der Waals surface area contributed by atoms with Crippen molar-refractivity contribution in [3.05, 3.63) is 59.7 Å². The van der Waals surface area contributed by atoms with E-state index in [0.29, 0.717) is 6.42 Å². The van der Waals surface area contributed by atoms with E-state index in [0.717, 1.165) is 0 Å². The Morgan fingerprint density at radius 2 is 1.45 bits per heavy atom. The molecular formula is C20H20O2. The van der Waals surface area contributed by atoms with Gasteiger partial charge in [0.25, 0.3) is 0 Å². The van der Waals surface area contributed by atoms with Crippen molar-refractivity contribution in [3.8, 4) is 0 Å². The molecule has 0 saturated carbocycles. The van der Waals surface area contributed by atoms with E-state index in [1.165, 1.54) is 39.8 Å². The molecule has 1 atom stereocenters. The zero-order chi connectivity index (χ0) is 15.7. The first kappa shape index (κ1) is 14.6. The number of hydrogen-bond donors (Lipinski definition) is 0. The molecule has 3 aromatic rings. The molecule has 0 aliphatic rings. The summed E-state index contributed by atoms with van der Waals surface area (Å²) in [6, 6.07) is 16.9. The summed E-state index contributed by atoms with van der Waals surface area (Å²) in [6.07, 6.45) is 0.698. The van der Waals surface area contributed by atoms with Gasteiger partial charge in [0.15, 0.2) is 0 Å². The first-order chi connectivity index (χ1) is 10.6. The zero-order valence-corrected chi connectivity index (χ0v) is 13.2. The Hall–Kier alpha value is -2.35. The third-order valence-electron chi connectivity index (χ3n) is 4.44. The van der Waals surface area contributed by atoms with E-state index >= 15 is 0 Å². The Labute approximate surface area is 130 Å². The fourth-order valence-electron chi connectivity index (χ4n) is 3.24. The minimum atomic E-state index is -0.156. The van der Waals surface area contributed by atoms with Gasteiger partial charge >= 0.3 is 5.97 Å². The molecule has 0 radical (unpaired) electrons. The largest absolute Gasteiger partial charge is 0.469 e. The van der Waals surface area contributed by atoms with Crippen LogP contribution in [0.3, 0.4) is 0 Å². The molecule has 0 saturated heterocycles. The van der Waals surface area contributed by atoms with Gasteiger partial charge < -0.3 is 4.74 Å². The number of methoxy groups -OCH3 is 1. The lowest BCUT2D eigenvalue weighted by Gasteiger charge is -2.17. The van der Waals surface area contributed by atoms with E-state index in [4.69, 9.17) is 4.74 Å². The number of fused-ring (bicyclic) bond motifs is 3. The second-order valence-electron chi connectivity index (χ2n) is 5.82. The maximum absolute atomic E-state index is 11.8. The summed E-state index contributed by atoms with van der Waals surface area (Å²) in [6.45, 7) is 4.07. The zero-order valence-electron chi connectivity index (χ0n) is 13.2. The van der Waals surface area contributed by atoms with E-state index in [-0.39, 0.29) is 11.9 Å². The Morgan fingerprint density at radius 3 is 2.05 bits per heavy atom. The molecule has 1 unspecified atom stereocenters. The average molecular weight is 292 g/mol. The van der Waals surface area contributed by atoms with Crippen LogP contribution in [0.15, 0.2) is 48.5 Å². The highest BCUT2D eigenvalue weighted by atomic mass is 16.5. The number of carbonyl (C=O) groups is 1. The molecule has 0 amide bonds. The fourth-order valence-corrected chi connectivity index (χ4v) is 3.24. The lowest BCUT2D eigenvalue weighted by molar-refractivity contribution is -0.144. The predicted molar refractivity (Wildman–Crippen MR) is 91.1 cm³/mol. The highest BCUT2D eigenvalue weighted by molar-refractivity contribution is 6.10. The monoisotopic (exact) mass is 292 g/mol. The van der Waals surface area contributed by atoms with Crippen LogP contribution in [-0.4, -0.2) is 13.1 Å². The van der Waals surface area contributed by atoms with E-state index in [1.807, 2.05) is 6.92 Å². The molecule has 0 bridgehead atoms. The van der Waals surface area contributed by atoms with Crippen molar-refractivity contribution in [3.63, 3.8) is 0 Å². The van der Waals surface area contributed by atoms with Gasteiger partial charge in [-0.1, -0.05) is 55.5 Å². The number of hydrogen-bond acceptors (Lipinski definition) is 2. The SMILES string of the molecule is COC(=O)C(C)Cc1c(C)c2ccccc2c2ccccc12. The van der Waals surface area contributed by atoms with Crippen LogP contribution in [0.5, 0.6) is 0 Å². The Kier molecular flexibility index (Phi) is 3.84. The van der Waals surface area contributed by atoms with Crippen molar-refractivity contribution < 1.29 is 9.53 Å². The van der Waals surface area contributed by atoms with Crippen LogP contribution in [0.4, 0.5) is 0 Å². The minimum Gasteiger partial charge on any atom is -0.469 e. The molecule has 0 spiro atoms.